The predicted molar refractivity (Wildman–Crippen MR) is 146 cm³/mol. The first-order valence-corrected chi connectivity index (χ1v) is 12.8. The van der Waals surface area contributed by atoms with Gasteiger partial charge >= 0.3 is 0 Å². The van der Waals surface area contributed by atoms with E-state index in [4.69, 9.17) is 9.47 Å². The molecule has 196 valence electrons. The molecule has 0 fully saturated rings. The van der Waals surface area contributed by atoms with Crippen molar-refractivity contribution in [3.63, 3.8) is 0 Å². The number of phenolic OH excluding ortho intramolecular Hbond substituents is 2. The standard InChI is InChI=1S/C31H32N2O5/c1-19(12-23-18-32-17-22-6-4-5-7-24(22)23)31(36)33-11-10-21-15-30(38-3)28(35)16-25(21)26(33)13-20-8-9-29(37-2)27(34)14-20/h4-9,14-19,26,34-35H,10-13H2,1-3H3. The van der Waals surface area contributed by atoms with Crippen molar-refractivity contribution in [2.24, 2.45) is 5.92 Å². The van der Waals surface area contributed by atoms with Crippen LogP contribution in [0.5, 0.6) is 23.0 Å². The fourth-order valence-corrected chi connectivity index (χ4v) is 5.49. The smallest absolute Gasteiger partial charge is 0.226 e. The van der Waals surface area contributed by atoms with Gasteiger partial charge in [0.15, 0.2) is 23.0 Å². The van der Waals surface area contributed by atoms with E-state index < -0.39 is 0 Å². The fraction of sp³-hybridized carbons (Fsp3) is 0.290. The number of methoxy groups -OCH3 is 2. The third-order valence-corrected chi connectivity index (χ3v) is 7.45. The van der Waals surface area contributed by atoms with Gasteiger partial charge in [-0.15, -0.1) is 0 Å². The number of hydrogen-bond donors (Lipinski definition) is 2. The highest BCUT2D eigenvalue weighted by molar-refractivity contribution is 5.86. The number of pyridine rings is 1. The molecule has 3 aromatic carbocycles. The Bertz CT molecular complexity index is 1480. The lowest BCUT2D eigenvalue weighted by atomic mass is 9.86. The van der Waals surface area contributed by atoms with Crippen LogP contribution in [-0.4, -0.2) is 46.8 Å². The molecule has 0 saturated heterocycles. The Balaban J connectivity index is 1.48. The molecule has 1 amide bonds. The predicted octanol–water partition coefficient (Wildman–Crippen LogP) is 5.21. The number of fused-ring (bicyclic) bond motifs is 2. The van der Waals surface area contributed by atoms with Gasteiger partial charge in [0.25, 0.3) is 0 Å². The van der Waals surface area contributed by atoms with Crippen LogP contribution in [0.4, 0.5) is 0 Å². The van der Waals surface area contributed by atoms with E-state index in [2.05, 4.69) is 11.1 Å². The molecule has 0 spiro atoms. The van der Waals surface area contributed by atoms with Crippen molar-refractivity contribution in [1.29, 1.82) is 0 Å². The van der Waals surface area contributed by atoms with Crippen molar-refractivity contribution in [3.05, 3.63) is 89.2 Å². The fourth-order valence-electron chi connectivity index (χ4n) is 5.49. The maximum absolute atomic E-state index is 14.0. The molecule has 7 nitrogen and oxygen atoms in total. The van der Waals surface area contributed by atoms with Crippen molar-refractivity contribution in [2.75, 3.05) is 20.8 Å². The average molecular weight is 513 g/mol. The van der Waals surface area contributed by atoms with Crippen LogP contribution in [0.15, 0.2) is 67.0 Å². The summed E-state index contributed by atoms with van der Waals surface area (Å²) in [5, 5.41) is 23.1. The Morgan fingerprint density at radius 3 is 2.55 bits per heavy atom. The summed E-state index contributed by atoms with van der Waals surface area (Å²) in [6.07, 6.45) is 5.39. The normalized spacial score (nSPS) is 15.7. The number of carbonyl (C=O) groups is 1. The minimum atomic E-state index is -0.316. The minimum absolute atomic E-state index is 0.0398. The number of aromatic hydroxyl groups is 2. The second kappa shape index (κ2) is 10.6. The molecule has 0 bridgehead atoms. The van der Waals surface area contributed by atoms with Crippen LogP contribution in [0, 0.1) is 5.92 Å². The zero-order chi connectivity index (χ0) is 26.8. The Kier molecular flexibility index (Phi) is 7.09. The molecule has 2 N–H and O–H groups in total. The highest BCUT2D eigenvalue weighted by Crippen LogP contribution is 2.40. The molecule has 1 aromatic heterocycles. The topological polar surface area (TPSA) is 92.1 Å². The average Bonchev–Trinajstić information content (AvgIpc) is 2.93. The minimum Gasteiger partial charge on any atom is -0.504 e. The van der Waals surface area contributed by atoms with Crippen LogP contribution in [0.2, 0.25) is 0 Å². The van der Waals surface area contributed by atoms with E-state index in [1.165, 1.54) is 14.2 Å². The summed E-state index contributed by atoms with van der Waals surface area (Å²) >= 11 is 0. The molecular weight excluding hydrogens is 480 g/mol. The quantitative estimate of drug-likeness (QED) is 0.353. The van der Waals surface area contributed by atoms with E-state index in [0.29, 0.717) is 37.3 Å². The Morgan fingerprint density at radius 1 is 1.03 bits per heavy atom. The summed E-state index contributed by atoms with van der Waals surface area (Å²) in [5.41, 5.74) is 3.83. The number of phenols is 2. The van der Waals surface area contributed by atoms with Gasteiger partial charge in [-0.3, -0.25) is 9.78 Å². The van der Waals surface area contributed by atoms with E-state index in [9.17, 15) is 15.0 Å². The summed E-state index contributed by atoms with van der Waals surface area (Å²) in [6.45, 7) is 2.51. The summed E-state index contributed by atoms with van der Waals surface area (Å²) in [5.74, 6) is 0.669. The van der Waals surface area contributed by atoms with Crippen LogP contribution >= 0.6 is 0 Å². The van der Waals surface area contributed by atoms with Crippen LogP contribution < -0.4 is 9.47 Å². The van der Waals surface area contributed by atoms with Gasteiger partial charge in [0, 0.05) is 30.2 Å². The van der Waals surface area contributed by atoms with Crippen LogP contribution in [0.1, 0.15) is 35.2 Å². The second-order valence-corrected chi connectivity index (χ2v) is 9.86. The van der Waals surface area contributed by atoms with Crippen molar-refractivity contribution in [3.8, 4) is 23.0 Å². The SMILES string of the molecule is COc1ccc(CC2c3cc(O)c(OC)cc3CCN2C(=O)C(C)Cc2cncc3ccccc23)cc1O. The van der Waals surface area contributed by atoms with E-state index >= 15 is 0 Å². The molecule has 4 aromatic rings. The van der Waals surface area contributed by atoms with Gasteiger partial charge in [-0.25, -0.2) is 0 Å². The molecule has 1 aliphatic heterocycles. The maximum atomic E-state index is 14.0. The molecule has 2 heterocycles. The van der Waals surface area contributed by atoms with E-state index in [1.54, 1.807) is 18.2 Å². The summed E-state index contributed by atoms with van der Waals surface area (Å²) in [4.78, 5) is 20.3. The largest absolute Gasteiger partial charge is 0.504 e. The number of amides is 1. The molecule has 2 atom stereocenters. The maximum Gasteiger partial charge on any atom is 0.226 e. The molecule has 0 saturated carbocycles. The van der Waals surface area contributed by atoms with Crippen LogP contribution in [0.25, 0.3) is 10.8 Å². The first-order chi connectivity index (χ1) is 18.4. The van der Waals surface area contributed by atoms with E-state index in [1.807, 2.05) is 54.5 Å². The number of ether oxygens (including phenoxy) is 2. The van der Waals surface area contributed by atoms with E-state index in [-0.39, 0.29) is 29.4 Å². The first kappa shape index (κ1) is 25.4. The highest BCUT2D eigenvalue weighted by Gasteiger charge is 2.34. The van der Waals surface area contributed by atoms with Crippen molar-refractivity contribution >= 4 is 16.7 Å². The lowest BCUT2D eigenvalue weighted by Gasteiger charge is -2.39. The molecule has 5 rings (SSSR count). The van der Waals surface area contributed by atoms with Crippen LogP contribution in [0.3, 0.4) is 0 Å². The number of hydrogen-bond acceptors (Lipinski definition) is 6. The van der Waals surface area contributed by atoms with Gasteiger partial charge in [-0.05, 0) is 71.2 Å². The lowest BCUT2D eigenvalue weighted by Crippen LogP contribution is -2.44. The van der Waals surface area contributed by atoms with Gasteiger partial charge in [0.05, 0.1) is 20.3 Å². The van der Waals surface area contributed by atoms with Gasteiger partial charge in [-0.1, -0.05) is 37.3 Å². The van der Waals surface area contributed by atoms with Gasteiger partial charge in [-0.2, -0.15) is 0 Å². The zero-order valence-electron chi connectivity index (χ0n) is 21.8. The molecular formula is C31H32N2O5. The number of benzene rings is 3. The second-order valence-electron chi connectivity index (χ2n) is 9.86. The van der Waals surface area contributed by atoms with Crippen molar-refractivity contribution in [1.82, 2.24) is 9.88 Å². The summed E-state index contributed by atoms with van der Waals surface area (Å²) in [6, 6.07) is 16.6. The van der Waals surface area contributed by atoms with Gasteiger partial charge in [0.1, 0.15) is 0 Å². The highest BCUT2D eigenvalue weighted by atomic mass is 16.5. The van der Waals surface area contributed by atoms with E-state index in [0.717, 1.165) is 33.0 Å². The monoisotopic (exact) mass is 512 g/mol. The lowest BCUT2D eigenvalue weighted by molar-refractivity contribution is -0.138. The Morgan fingerprint density at radius 2 is 1.79 bits per heavy atom. The number of nitrogens with zero attached hydrogens (tertiary/aromatic N) is 2. The third kappa shape index (κ3) is 4.84. The molecule has 0 radical (unpaired) electrons. The molecule has 7 heteroatoms. The first-order valence-electron chi connectivity index (χ1n) is 12.8. The molecule has 38 heavy (non-hydrogen) atoms. The van der Waals surface area contributed by atoms with Gasteiger partial charge < -0.3 is 24.6 Å². The molecule has 2 unspecified atom stereocenters. The van der Waals surface area contributed by atoms with Crippen LogP contribution in [-0.2, 0) is 24.1 Å². The number of aromatic nitrogens is 1. The third-order valence-electron chi connectivity index (χ3n) is 7.45. The van der Waals surface area contributed by atoms with Crippen molar-refractivity contribution < 1.29 is 24.5 Å². The summed E-state index contributed by atoms with van der Waals surface area (Å²) < 4.78 is 10.5. The number of rotatable bonds is 7. The summed E-state index contributed by atoms with van der Waals surface area (Å²) in [7, 11) is 3.04. The van der Waals surface area contributed by atoms with Crippen molar-refractivity contribution in [2.45, 2.75) is 32.2 Å². The Labute approximate surface area is 222 Å². The zero-order valence-corrected chi connectivity index (χ0v) is 21.8. The van der Waals surface area contributed by atoms with Gasteiger partial charge in [0.2, 0.25) is 5.91 Å². The Hall–Kier alpha value is -4.26. The number of carbonyl (C=O) groups excluding carboxylic acids is 1. The molecule has 0 aliphatic carbocycles. The molecule has 1 aliphatic rings.